The Morgan fingerprint density at radius 2 is 1.84 bits per heavy atom. The Balaban J connectivity index is 1.69. The van der Waals surface area contributed by atoms with Crippen LogP contribution in [0.1, 0.15) is 0 Å². The van der Waals surface area contributed by atoms with Crippen molar-refractivity contribution in [1.82, 2.24) is 9.29 Å². The van der Waals surface area contributed by atoms with Crippen molar-refractivity contribution in [1.29, 1.82) is 0 Å². The molecular formula is C15H15N3S. The topological polar surface area (TPSA) is 19.4 Å². The van der Waals surface area contributed by atoms with E-state index in [1.165, 1.54) is 4.90 Å². The van der Waals surface area contributed by atoms with Crippen LogP contribution in [0.2, 0.25) is 0 Å². The number of hydrogen-bond donors (Lipinski definition) is 0. The van der Waals surface area contributed by atoms with E-state index in [1.807, 2.05) is 30.5 Å². The van der Waals surface area contributed by atoms with Gasteiger partial charge in [-0.15, -0.1) is 0 Å². The molecule has 0 saturated carbocycles. The van der Waals surface area contributed by atoms with E-state index in [1.54, 1.807) is 11.9 Å². The molecule has 0 fully saturated rings. The van der Waals surface area contributed by atoms with Crippen LogP contribution in [0, 0.1) is 0 Å². The molecule has 0 saturated heterocycles. The number of hydrogen-bond acceptors (Lipinski definition) is 4. The van der Waals surface area contributed by atoms with Gasteiger partial charge in [-0.1, -0.05) is 30.3 Å². The zero-order valence-corrected chi connectivity index (χ0v) is 11.3. The Hall–Kier alpha value is -1.78. The number of nitrogens with zero attached hydrogens (tertiary/aromatic N) is 3. The molecule has 0 radical (unpaired) electrons. The maximum atomic E-state index is 4.38. The Kier molecular flexibility index (Phi) is 3.81. The van der Waals surface area contributed by atoms with Crippen molar-refractivity contribution in [3.63, 3.8) is 0 Å². The number of rotatable bonds is 3. The average molecular weight is 269 g/mol. The van der Waals surface area contributed by atoms with Crippen LogP contribution in [-0.2, 0) is 0 Å². The molecule has 2 aromatic rings. The highest BCUT2D eigenvalue weighted by Crippen LogP contribution is 2.25. The first-order valence-corrected chi connectivity index (χ1v) is 7.01. The van der Waals surface area contributed by atoms with Crippen molar-refractivity contribution < 1.29 is 0 Å². The summed E-state index contributed by atoms with van der Waals surface area (Å²) in [6, 6.07) is 16.4. The zero-order valence-electron chi connectivity index (χ0n) is 10.5. The standard InChI is InChI=1S/C15H15N3S/c1-2-7-14(8-3-1)19-18-12-6-11-17(13-18)15-9-4-5-10-16-15/h1-11H,12-13H2. The summed E-state index contributed by atoms with van der Waals surface area (Å²) in [4.78, 5) is 7.80. The highest BCUT2D eigenvalue weighted by molar-refractivity contribution is 7.97. The molecule has 0 atom stereocenters. The minimum absolute atomic E-state index is 0.840. The minimum atomic E-state index is 0.840. The van der Waals surface area contributed by atoms with Crippen LogP contribution in [0.25, 0.3) is 0 Å². The fourth-order valence-electron chi connectivity index (χ4n) is 1.94. The lowest BCUT2D eigenvalue weighted by Gasteiger charge is -2.30. The smallest absolute Gasteiger partial charge is 0.133 e. The molecule has 0 spiro atoms. The third-order valence-corrected chi connectivity index (χ3v) is 3.83. The average Bonchev–Trinajstić information content (AvgIpc) is 2.49. The first-order chi connectivity index (χ1) is 9.42. The fourth-order valence-corrected chi connectivity index (χ4v) is 2.86. The quantitative estimate of drug-likeness (QED) is 0.795. The first-order valence-electron chi connectivity index (χ1n) is 6.24. The second-order valence-corrected chi connectivity index (χ2v) is 5.42. The van der Waals surface area contributed by atoms with E-state index in [-0.39, 0.29) is 0 Å². The predicted molar refractivity (Wildman–Crippen MR) is 79.7 cm³/mol. The summed E-state index contributed by atoms with van der Waals surface area (Å²) < 4.78 is 2.31. The summed E-state index contributed by atoms with van der Waals surface area (Å²) in [6.07, 6.45) is 6.09. The van der Waals surface area contributed by atoms with Gasteiger partial charge in [0.1, 0.15) is 5.82 Å². The van der Waals surface area contributed by atoms with Gasteiger partial charge in [0.05, 0.1) is 6.67 Å². The van der Waals surface area contributed by atoms with Crippen LogP contribution in [-0.4, -0.2) is 22.5 Å². The van der Waals surface area contributed by atoms with E-state index < -0.39 is 0 Å². The van der Waals surface area contributed by atoms with Crippen molar-refractivity contribution in [3.8, 4) is 0 Å². The van der Waals surface area contributed by atoms with Crippen molar-refractivity contribution in [2.45, 2.75) is 4.90 Å². The molecule has 3 rings (SSSR count). The van der Waals surface area contributed by atoms with Gasteiger partial charge < -0.3 is 4.90 Å². The van der Waals surface area contributed by atoms with Crippen molar-refractivity contribution in [2.24, 2.45) is 0 Å². The highest BCUT2D eigenvalue weighted by Gasteiger charge is 2.15. The largest absolute Gasteiger partial charge is 0.319 e. The van der Waals surface area contributed by atoms with E-state index in [0.29, 0.717) is 0 Å². The minimum Gasteiger partial charge on any atom is -0.319 e. The van der Waals surface area contributed by atoms with Gasteiger partial charge in [0, 0.05) is 23.8 Å². The van der Waals surface area contributed by atoms with Crippen LogP contribution in [0.4, 0.5) is 5.82 Å². The third kappa shape index (κ3) is 3.16. The number of benzene rings is 1. The lowest BCUT2D eigenvalue weighted by molar-refractivity contribution is 0.507. The van der Waals surface area contributed by atoms with E-state index in [9.17, 15) is 0 Å². The molecule has 96 valence electrons. The molecule has 19 heavy (non-hydrogen) atoms. The van der Waals surface area contributed by atoms with Crippen LogP contribution in [0.3, 0.4) is 0 Å². The normalized spacial score (nSPS) is 15.7. The van der Waals surface area contributed by atoms with E-state index >= 15 is 0 Å². The Morgan fingerprint density at radius 3 is 2.63 bits per heavy atom. The number of aromatic nitrogens is 1. The van der Waals surface area contributed by atoms with Gasteiger partial charge in [-0.3, -0.25) is 0 Å². The van der Waals surface area contributed by atoms with Crippen LogP contribution in [0.5, 0.6) is 0 Å². The molecule has 1 aromatic heterocycles. The maximum absolute atomic E-state index is 4.38. The lowest BCUT2D eigenvalue weighted by atomic mass is 10.4. The second-order valence-electron chi connectivity index (χ2n) is 4.25. The first kappa shape index (κ1) is 12.3. The molecule has 0 amide bonds. The van der Waals surface area contributed by atoms with Gasteiger partial charge in [0.25, 0.3) is 0 Å². The Morgan fingerprint density at radius 1 is 1.00 bits per heavy atom. The predicted octanol–water partition coefficient (Wildman–Crippen LogP) is 3.38. The summed E-state index contributed by atoms with van der Waals surface area (Å²) >= 11 is 1.78. The van der Waals surface area contributed by atoms with Gasteiger partial charge in [0.2, 0.25) is 0 Å². The van der Waals surface area contributed by atoms with Crippen LogP contribution < -0.4 is 4.90 Å². The summed E-state index contributed by atoms with van der Waals surface area (Å²) in [5.41, 5.74) is 0. The van der Waals surface area contributed by atoms with Gasteiger partial charge in [0.15, 0.2) is 0 Å². The molecule has 0 aliphatic carbocycles. The Bertz CT molecular complexity index is 542. The second kappa shape index (κ2) is 5.91. The van der Waals surface area contributed by atoms with Gasteiger partial charge in [-0.25, -0.2) is 9.29 Å². The van der Waals surface area contributed by atoms with Crippen LogP contribution >= 0.6 is 11.9 Å². The molecular weight excluding hydrogens is 254 g/mol. The molecule has 3 nitrogen and oxygen atoms in total. The van der Waals surface area contributed by atoms with Crippen molar-refractivity contribution in [2.75, 3.05) is 18.1 Å². The molecule has 4 heteroatoms. The van der Waals surface area contributed by atoms with Gasteiger partial charge in [-0.2, -0.15) is 0 Å². The van der Waals surface area contributed by atoms with E-state index in [0.717, 1.165) is 19.0 Å². The molecule has 0 N–H and O–H groups in total. The zero-order chi connectivity index (χ0) is 12.9. The highest BCUT2D eigenvalue weighted by atomic mass is 32.2. The van der Waals surface area contributed by atoms with Crippen LogP contribution in [0.15, 0.2) is 71.9 Å². The van der Waals surface area contributed by atoms with Gasteiger partial charge >= 0.3 is 0 Å². The Labute approximate surface area is 117 Å². The van der Waals surface area contributed by atoms with Crippen molar-refractivity contribution >= 4 is 17.8 Å². The summed E-state index contributed by atoms with van der Waals surface area (Å²) in [5.74, 6) is 0.983. The SMILES string of the molecule is C1=CN(c2ccccn2)CN(Sc2ccccc2)C1. The van der Waals surface area contributed by atoms with Crippen molar-refractivity contribution in [3.05, 3.63) is 67.0 Å². The molecule has 0 unspecified atom stereocenters. The fraction of sp³-hybridized carbons (Fsp3) is 0.133. The number of pyridine rings is 1. The molecule has 1 aromatic carbocycles. The third-order valence-electron chi connectivity index (χ3n) is 2.83. The van der Waals surface area contributed by atoms with E-state index in [2.05, 4.69) is 50.7 Å². The summed E-state index contributed by atoms with van der Waals surface area (Å²) in [6.45, 7) is 1.79. The molecule has 1 aliphatic rings. The molecule has 1 aliphatic heterocycles. The summed E-state index contributed by atoms with van der Waals surface area (Å²) in [7, 11) is 0. The molecule has 0 bridgehead atoms. The van der Waals surface area contributed by atoms with Gasteiger partial charge in [-0.05, 0) is 36.2 Å². The lowest BCUT2D eigenvalue weighted by Crippen LogP contribution is -2.34. The van der Waals surface area contributed by atoms with E-state index in [4.69, 9.17) is 0 Å². The molecule has 2 heterocycles. The maximum Gasteiger partial charge on any atom is 0.133 e. The monoisotopic (exact) mass is 269 g/mol. The summed E-state index contributed by atoms with van der Waals surface area (Å²) in [5, 5.41) is 0. The number of anilines is 1.